The van der Waals surface area contributed by atoms with Crippen molar-refractivity contribution in [3.8, 4) is 0 Å². The molecule has 3 rings (SSSR count). The molecule has 0 saturated heterocycles. The van der Waals surface area contributed by atoms with Gasteiger partial charge >= 0.3 is 5.97 Å². The number of para-hydroxylation sites is 1. The van der Waals surface area contributed by atoms with E-state index in [0.29, 0.717) is 16.3 Å². The van der Waals surface area contributed by atoms with Crippen molar-refractivity contribution in [2.24, 2.45) is 0 Å². The number of nitrogens with zero attached hydrogens (tertiary/aromatic N) is 1. The quantitative estimate of drug-likeness (QED) is 0.620. The number of hydrogen-bond acceptors (Lipinski definition) is 5. The number of hydrogen-bond donors (Lipinski definition) is 1. The van der Waals surface area contributed by atoms with Gasteiger partial charge in [0.2, 0.25) is 0 Å². The van der Waals surface area contributed by atoms with Gasteiger partial charge in [-0.15, -0.1) is 11.3 Å². The van der Waals surface area contributed by atoms with Crippen molar-refractivity contribution in [3.63, 3.8) is 0 Å². The Morgan fingerprint density at radius 2 is 1.76 bits per heavy atom. The largest absolute Gasteiger partial charge is 0.449 e. The van der Waals surface area contributed by atoms with Crippen LogP contribution in [0, 0.1) is 0 Å². The van der Waals surface area contributed by atoms with Crippen molar-refractivity contribution < 1.29 is 19.1 Å². The number of amides is 2. The van der Waals surface area contributed by atoms with E-state index >= 15 is 0 Å². The second kappa shape index (κ2) is 9.16. The molecule has 7 heteroatoms. The Morgan fingerprint density at radius 3 is 2.45 bits per heavy atom. The fourth-order valence-electron chi connectivity index (χ4n) is 2.65. The molecule has 0 saturated carbocycles. The number of ether oxygens (including phenoxy) is 1. The molecule has 0 bridgehead atoms. The van der Waals surface area contributed by atoms with Gasteiger partial charge < -0.3 is 15.0 Å². The molecule has 1 aromatic heterocycles. The molecule has 29 heavy (non-hydrogen) atoms. The van der Waals surface area contributed by atoms with E-state index in [1.54, 1.807) is 49.5 Å². The predicted molar refractivity (Wildman–Crippen MR) is 113 cm³/mol. The summed E-state index contributed by atoms with van der Waals surface area (Å²) in [6.45, 7) is 1.53. The topological polar surface area (TPSA) is 75.7 Å². The van der Waals surface area contributed by atoms with E-state index in [0.717, 1.165) is 0 Å². The summed E-state index contributed by atoms with van der Waals surface area (Å²) in [5.74, 6) is -1.23. The highest BCUT2D eigenvalue weighted by molar-refractivity contribution is 7.12. The zero-order valence-electron chi connectivity index (χ0n) is 16.0. The van der Waals surface area contributed by atoms with Gasteiger partial charge in [-0.25, -0.2) is 4.79 Å². The molecule has 2 aromatic carbocycles. The number of nitrogens with one attached hydrogen (secondary N) is 1. The second-order valence-corrected chi connectivity index (χ2v) is 7.24. The number of carbonyl (C=O) groups is 3. The minimum atomic E-state index is -0.961. The van der Waals surface area contributed by atoms with Gasteiger partial charge in [0.25, 0.3) is 11.8 Å². The molecule has 0 aliphatic carbocycles. The fraction of sp³-hybridized carbons (Fsp3) is 0.136. The highest BCUT2D eigenvalue weighted by Gasteiger charge is 2.23. The number of esters is 1. The monoisotopic (exact) mass is 408 g/mol. The Kier molecular flexibility index (Phi) is 6.41. The maximum atomic E-state index is 12.5. The normalized spacial score (nSPS) is 11.4. The first-order valence-electron chi connectivity index (χ1n) is 8.94. The Labute approximate surface area is 172 Å². The molecule has 0 aliphatic rings. The van der Waals surface area contributed by atoms with E-state index in [1.807, 2.05) is 23.6 Å². The fourth-order valence-corrected chi connectivity index (χ4v) is 3.27. The van der Waals surface area contributed by atoms with Crippen LogP contribution in [0.4, 0.5) is 11.4 Å². The average Bonchev–Trinajstić information content (AvgIpc) is 3.28. The third kappa shape index (κ3) is 5.08. The van der Waals surface area contributed by atoms with Gasteiger partial charge in [0.15, 0.2) is 6.10 Å². The summed E-state index contributed by atoms with van der Waals surface area (Å²) in [4.78, 5) is 39.2. The van der Waals surface area contributed by atoms with Crippen molar-refractivity contribution in [1.29, 1.82) is 0 Å². The van der Waals surface area contributed by atoms with Crippen LogP contribution in [-0.2, 0) is 9.53 Å². The van der Waals surface area contributed by atoms with Crippen molar-refractivity contribution in [3.05, 3.63) is 82.6 Å². The van der Waals surface area contributed by atoms with Crippen molar-refractivity contribution in [2.45, 2.75) is 13.0 Å². The van der Waals surface area contributed by atoms with Crippen molar-refractivity contribution in [1.82, 2.24) is 0 Å². The average molecular weight is 408 g/mol. The molecule has 0 radical (unpaired) electrons. The number of thiophene rings is 1. The number of carbonyl (C=O) groups excluding carboxylic acids is 3. The van der Waals surface area contributed by atoms with Gasteiger partial charge in [0.1, 0.15) is 0 Å². The maximum absolute atomic E-state index is 12.5. The highest BCUT2D eigenvalue weighted by atomic mass is 32.1. The first-order chi connectivity index (χ1) is 14.0. The van der Waals surface area contributed by atoms with Gasteiger partial charge in [0, 0.05) is 18.4 Å². The maximum Gasteiger partial charge on any atom is 0.338 e. The molecule has 148 valence electrons. The van der Waals surface area contributed by atoms with E-state index in [1.165, 1.54) is 29.2 Å². The van der Waals surface area contributed by atoms with Gasteiger partial charge in [-0.3, -0.25) is 9.59 Å². The van der Waals surface area contributed by atoms with Crippen LogP contribution >= 0.6 is 11.3 Å². The molecule has 1 heterocycles. The first kappa shape index (κ1) is 20.3. The van der Waals surface area contributed by atoms with Gasteiger partial charge in [0.05, 0.1) is 10.4 Å². The molecule has 6 nitrogen and oxygen atoms in total. The summed E-state index contributed by atoms with van der Waals surface area (Å²) in [7, 11) is 1.63. The molecule has 3 aromatic rings. The lowest BCUT2D eigenvalue weighted by molar-refractivity contribution is -0.126. The Morgan fingerprint density at radius 1 is 1.00 bits per heavy atom. The Hall–Kier alpha value is -3.45. The highest BCUT2D eigenvalue weighted by Crippen LogP contribution is 2.17. The van der Waals surface area contributed by atoms with E-state index in [9.17, 15) is 14.4 Å². The Bertz CT molecular complexity index is 1000. The minimum Gasteiger partial charge on any atom is -0.449 e. The molecule has 0 aliphatic heterocycles. The number of likely N-dealkylation sites (N-methyl/N-ethyl adjacent to an activating group) is 1. The van der Waals surface area contributed by atoms with Crippen LogP contribution in [0.15, 0.2) is 72.1 Å². The summed E-state index contributed by atoms with van der Waals surface area (Å²) >= 11 is 1.33. The van der Waals surface area contributed by atoms with Crippen LogP contribution in [-0.4, -0.2) is 30.9 Å². The minimum absolute atomic E-state index is 0.246. The SMILES string of the molecule is C[C@H](OC(=O)c1cccc(NC(=O)c2cccs2)c1)C(=O)N(C)c1ccccc1. The molecule has 0 spiro atoms. The number of benzene rings is 2. The molecular weight excluding hydrogens is 388 g/mol. The zero-order valence-corrected chi connectivity index (χ0v) is 16.8. The lowest BCUT2D eigenvalue weighted by Gasteiger charge is -2.21. The second-order valence-electron chi connectivity index (χ2n) is 6.29. The summed E-state index contributed by atoms with van der Waals surface area (Å²) in [6.07, 6.45) is -0.961. The van der Waals surface area contributed by atoms with Crippen molar-refractivity contribution >= 4 is 40.5 Å². The molecule has 1 atom stereocenters. The van der Waals surface area contributed by atoms with Crippen LogP contribution in [0.25, 0.3) is 0 Å². The molecule has 1 N–H and O–H groups in total. The lowest BCUT2D eigenvalue weighted by atomic mass is 10.2. The first-order valence-corrected chi connectivity index (χ1v) is 9.82. The molecule has 0 unspecified atom stereocenters. The third-order valence-electron chi connectivity index (χ3n) is 4.21. The number of rotatable bonds is 6. The van der Waals surface area contributed by atoms with E-state index < -0.39 is 12.1 Å². The van der Waals surface area contributed by atoms with Gasteiger partial charge in [-0.1, -0.05) is 30.3 Å². The molecule has 2 amide bonds. The predicted octanol–water partition coefficient (Wildman–Crippen LogP) is 4.21. The number of anilines is 2. The van der Waals surface area contributed by atoms with E-state index in [-0.39, 0.29) is 17.4 Å². The van der Waals surface area contributed by atoms with Crippen LogP contribution in [0.3, 0.4) is 0 Å². The van der Waals surface area contributed by atoms with Crippen LogP contribution < -0.4 is 10.2 Å². The summed E-state index contributed by atoms with van der Waals surface area (Å²) in [6, 6.07) is 19.0. The lowest BCUT2D eigenvalue weighted by Crippen LogP contribution is -2.37. The van der Waals surface area contributed by atoms with E-state index in [4.69, 9.17) is 4.74 Å². The summed E-state index contributed by atoms with van der Waals surface area (Å²) < 4.78 is 5.33. The van der Waals surface area contributed by atoms with Gasteiger partial charge in [-0.05, 0) is 48.7 Å². The third-order valence-corrected chi connectivity index (χ3v) is 5.08. The smallest absolute Gasteiger partial charge is 0.338 e. The zero-order chi connectivity index (χ0) is 20.8. The van der Waals surface area contributed by atoms with E-state index in [2.05, 4.69) is 5.32 Å². The van der Waals surface area contributed by atoms with Crippen LogP contribution in [0.2, 0.25) is 0 Å². The van der Waals surface area contributed by atoms with Crippen LogP contribution in [0.5, 0.6) is 0 Å². The van der Waals surface area contributed by atoms with Crippen molar-refractivity contribution in [2.75, 3.05) is 17.3 Å². The Balaban J connectivity index is 1.64. The molecular formula is C22H20N2O4S. The standard InChI is InChI=1S/C22H20N2O4S/c1-15(21(26)24(2)18-10-4-3-5-11-18)28-22(27)16-8-6-9-17(14-16)23-20(25)19-12-7-13-29-19/h3-15H,1-2H3,(H,23,25)/t15-/m0/s1. The van der Waals surface area contributed by atoms with Gasteiger partial charge in [-0.2, -0.15) is 0 Å². The summed E-state index contributed by atoms with van der Waals surface area (Å²) in [5.41, 5.74) is 1.42. The molecule has 0 fully saturated rings. The summed E-state index contributed by atoms with van der Waals surface area (Å²) in [5, 5.41) is 4.56. The van der Waals surface area contributed by atoms with Crippen LogP contribution in [0.1, 0.15) is 27.0 Å².